The second-order valence-corrected chi connectivity index (χ2v) is 5.68. The van der Waals surface area contributed by atoms with Crippen molar-refractivity contribution in [3.8, 4) is 0 Å². The highest BCUT2D eigenvalue weighted by molar-refractivity contribution is 5.47. The van der Waals surface area contributed by atoms with Crippen molar-refractivity contribution in [2.75, 3.05) is 16.8 Å². The van der Waals surface area contributed by atoms with Gasteiger partial charge in [-0.2, -0.15) is 4.98 Å². The molecule has 0 saturated carbocycles. The Balaban J connectivity index is 1.73. The number of nitrogens with one attached hydrogen (secondary N) is 1. The molecule has 0 unspecified atom stereocenters. The highest BCUT2D eigenvalue weighted by Gasteiger charge is 2.17. The lowest BCUT2D eigenvalue weighted by Crippen LogP contribution is -2.31. The molecule has 0 bridgehead atoms. The number of nitrogens with zero attached hydrogens (tertiary/aromatic N) is 4. The quantitative estimate of drug-likeness (QED) is 0.676. The molecule has 1 aromatic heterocycles. The number of fused-ring (bicyclic) bond motifs is 1. The molecule has 0 atom stereocenters. The van der Waals surface area contributed by atoms with Gasteiger partial charge in [0.1, 0.15) is 5.82 Å². The summed E-state index contributed by atoms with van der Waals surface area (Å²) >= 11 is 0. The molecule has 0 fully saturated rings. The number of allylic oxidation sites excluding steroid dienone is 3. The zero-order valence-electron chi connectivity index (χ0n) is 13.8. The van der Waals surface area contributed by atoms with Crippen LogP contribution in [0.5, 0.6) is 0 Å². The first-order valence-corrected chi connectivity index (χ1v) is 7.97. The summed E-state index contributed by atoms with van der Waals surface area (Å²) in [5.41, 5.74) is 3.74. The molecule has 1 aromatic carbocycles. The topological polar surface area (TPSA) is 53.4 Å². The van der Waals surface area contributed by atoms with E-state index in [0.717, 1.165) is 31.0 Å². The lowest BCUT2D eigenvalue weighted by atomic mass is 10.00. The van der Waals surface area contributed by atoms with Gasteiger partial charge in [0.05, 0.1) is 0 Å². The number of aromatic nitrogens is 2. The van der Waals surface area contributed by atoms with Crippen molar-refractivity contribution in [3.05, 3.63) is 71.7 Å². The molecule has 0 amide bonds. The van der Waals surface area contributed by atoms with Crippen LogP contribution in [0.15, 0.2) is 65.6 Å². The Bertz CT molecular complexity index is 779. The Morgan fingerprint density at radius 3 is 2.96 bits per heavy atom. The van der Waals surface area contributed by atoms with E-state index in [0.29, 0.717) is 5.95 Å². The number of hydrogen-bond donors (Lipinski definition) is 1. The van der Waals surface area contributed by atoms with E-state index in [1.165, 1.54) is 11.1 Å². The summed E-state index contributed by atoms with van der Waals surface area (Å²) in [6.07, 6.45) is 8.19. The molecule has 3 rings (SSSR count). The van der Waals surface area contributed by atoms with E-state index in [-0.39, 0.29) is 0 Å². The molecule has 2 aromatic rings. The molecule has 5 heteroatoms. The SMILES string of the molecule is C=N/C=C\C=C(/C)Nc1nccc(N2CCc3ccccc3C2)n1. The third-order valence-corrected chi connectivity index (χ3v) is 3.94. The van der Waals surface area contributed by atoms with Crippen LogP contribution in [0.1, 0.15) is 18.1 Å². The van der Waals surface area contributed by atoms with Crippen LogP contribution in [0.4, 0.5) is 11.8 Å². The van der Waals surface area contributed by atoms with E-state index < -0.39 is 0 Å². The van der Waals surface area contributed by atoms with Crippen molar-refractivity contribution in [3.63, 3.8) is 0 Å². The Hall–Kier alpha value is -2.95. The fourth-order valence-corrected chi connectivity index (χ4v) is 2.74. The fraction of sp³-hybridized carbons (Fsp3) is 0.211. The van der Waals surface area contributed by atoms with Gasteiger partial charge in [0, 0.05) is 31.2 Å². The van der Waals surface area contributed by atoms with E-state index >= 15 is 0 Å². The van der Waals surface area contributed by atoms with Crippen molar-refractivity contribution < 1.29 is 0 Å². The van der Waals surface area contributed by atoms with Gasteiger partial charge < -0.3 is 10.2 Å². The Morgan fingerprint density at radius 1 is 1.29 bits per heavy atom. The molecule has 1 aliphatic rings. The zero-order valence-corrected chi connectivity index (χ0v) is 13.8. The lowest BCUT2D eigenvalue weighted by Gasteiger charge is -2.29. The highest BCUT2D eigenvalue weighted by Crippen LogP contribution is 2.23. The minimum absolute atomic E-state index is 0.597. The first kappa shape index (κ1) is 15.9. The standard InChI is InChI=1S/C19H21N5/c1-15(6-5-11-20-2)22-19-21-12-9-18(23-19)24-13-10-16-7-3-4-8-17(16)14-24/h3-9,11-12H,2,10,13-14H2,1H3,(H,21,22,23)/b11-5-,15-6+. The van der Waals surface area contributed by atoms with Crippen LogP contribution < -0.4 is 10.2 Å². The highest BCUT2D eigenvalue weighted by atomic mass is 15.2. The Morgan fingerprint density at radius 2 is 2.12 bits per heavy atom. The first-order valence-electron chi connectivity index (χ1n) is 7.97. The zero-order chi connectivity index (χ0) is 16.8. The smallest absolute Gasteiger partial charge is 0.228 e. The first-order chi connectivity index (χ1) is 11.8. The van der Waals surface area contributed by atoms with Crippen LogP contribution in [0.3, 0.4) is 0 Å². The van der Waals surface area contributed by atoms with Crippen LogP contribution >= 0.6 is 0 Å². The number of aliphatic imine (C=N–C) groups is 1. The van der Waals surface area contributed by atoms with E-state index in [1.54, 1.807) is 12.4 Å². The van der Waals surface area contributed by atoms with Gasteiger partial charge in [-0.25, -0.2) is 4.98 Å². The third-order valence-electron chi connectivity index (χ3n) is 3.94. The van der Waals surface area contributed by atoms with Crippen LogP contribution in [0, 0.1) is 0 Å². The second-order valence-electron chi connectivity index (χ2n) is 5.68. The summed E-state index contributed by atoms with van der Waals surface area (Å²) in [5.74, 6) is 1.54. The molecule has 24 heavy (non-hydrogen) atoms. The van der Waals surface area contributed by atoms with E-state index in [1.807, 2.05) is 25.1 Å². The number of rotatable bonds is 5. The molecule has 0 spiro atoms. The van der Waals surface area contributed by atoms with Gasteiger partial charge in [-0.05, 0) is 49.4 Å². The molecule has 0 radical (unpaired) electrons. The van der Waals surface area contributed by atoms with Crippen LogP contribution in [0.2, 0.25) is 0 Å². The van der Waals surface area contributed by atoms with Gasteiger partial charge in [0.15, 0.2) is 0 Å². The average molecular weight is 319 g/mol. The predicted octanol–water partition coefficient (Wildman–Crippen LogP) is 3.57. The Labute approximate surface area is 142 Å². The molecule has 0 saturated heterocycles. The molecule has 0 aliphatic carbocycles. The van der Waals surface area contributed by atoms with Crippen molar-refractivity contribution in [2.45, 2.75) is 19.9 Å². The number of anilines is 2. The maximum atomic E-state index is 4.64. The van der Waals surface area contributed by atoms with Crippen LogP contribution in [-0.4, -0.2) is 23.2 Å². The minimum Gasteiger partial charge on any atom is -0.352 e. The predicted molar refractivity (Wildman–Crippen MR) is 99.3 cm³/mol. The molecule has 1 aliphatic heterocycles. The van der Waals surface area contributed by atoms with Crippen molar-refractivity contribution >= 4 is 18.5 Å². The van der Waals surface area contributed by atoms with Crippen LogP contribution in [-0.2, 0) is 13.0 Å². The summed E-state index contributed by atoms with van der Waals surface area (Å²) in [5, 5.41) is 3.20. The van der Waals surface area contributed by atoms with Crippen molar-refractivity contribution in [1.82, 2.24) is 9.97 Å². The van der Waals surface area contributed by atoms with Crippen molar-refractivity contribution in [1.29, 1.82) is 0 Å². The molecule has 2 heterocycles. The molecular weight excluding hydrogens is 298 g/mol. The van der Waals surface area contributed by atoms with Gasteiger partial charge in [0.2, 0.25) is 5.95 Å². The van der Waals surface area contributed by atoms with Crippen molar-refractivity contribution in [2.24, 2.45) is 4.99 Å². The van der Waals surface area contributed by atoms with E-state index in [9.17, 15) is 0 Å². The lowest BCUT2D eigenvalue weighted by molar-refractivity contribution is 0.720. The molecular formula is C19H21N5. The van der Waals surface area contributed by atoms with Gasteiger partial charge in [0.25, 0.3) is 0 Å². The summed E-state index contributed by atoms with van der Waals surface area (Å²) < 4.78 is 0. The minimum atomic E-state index is 0.597. The normalized spacial score (nSPS) is 14.5. The van der Waals surface area contributed by atoms with Gasteiger partial charge >= 0.3 is 0 Å². The summed E-state index contributed by atoms with van der Waals surface area (Å²) in [6.45, 7) is 7.22. The maximum Gasteiger partial charge on any atom is 0.228 e. The van der Waals surface area contributed by atoms with Gasteiger partial charge in [-0.15, -0.1) is 0 Å². The largest absolute Gasteiger partial charge is 0.352 e. The molecule has 1 N–H and O–H groups in total. The van der Waals surface area contributed by atoms with E-state index in [4.69, 9.17) is 0 Å². The number of hydrogen-bond acceptors (Lipinski definition) is 5. The summed E-state index contributed by atoms with van der Waals surface area (Å²) in [6, 6.07) is 10.6. The molecule has 5 nitrogen and oxygen atoms in total. The average Bonchev–Trinajstić information content (AvgIpc) is 2.62. The summed E-state index contributed by atoms with van der Waals surface area (Å²) in [4.78, 5) is 14.9. The monoisotopic (exact) mass is 319 g/mol. The van der Waals surface area contributed by atoms with E-state index in [2.05, 4.69) is 56.2 Å². The Kier molecular flexibility index (Phi) is 5.01. The van der Waals surface area contributed by atoms with Gasteiger partial charge in [-0.3, -0.25) is 4.99 Å². The fourth-order valence-electron chi connectivity index (χ4n) is 2.74. The third kappa shape index (κ3) is 3.87. The summed E-state index contributed by atoms with van der Waals surface area (Å²) in [7, 11) is 0. The van der Waals surface area contributed by atoms with Crippen LogP contribution in [0.25, 0.3) is 0 Å². The number of benzene rings is 1. The van der Waals surface area contributed by atoms with Gasteiger partial charge in [-0.1, -0.05) is 24.3 Å². The maximum absolute atomic E-state index is 4.64. The second kappa shape index (κ2) is 7.55. The molecule has 122 valence electrons.